The van der Waals surface area contributed by atoms with Crippen LogP contribution in [0.4, 0.5) is 0 Å². The molecule has 0 aromatic heterocycles. The van der Waals surface area contributed by atoms with E-state index in [1.165, 1.54) is 0 Å². The summed E-state index contributed by atoms with van der Waals surface area (Å²) in [5.74, 6) is 0.285. The van der Waals surface area contributed by atoms with Crippen LogP contribution in [-0.4, -0.2) is 18.4 Å². The Labute approximate surface area is 101 Å². The third-order valence-corrected chi connectivity index (χ3v) is 2.64. The quantitative estimate of drug-likeness (QED) is 0.780. The van der Waals surface area contributed by atoms with Crippen molar-refractivity contribution in [2.75, 3.05) is 7.05 Å². The van der Waals surface area contributed by atoms with Gasteiger partial charge in [-0.2, -0.15) is 0 Å². The second-order valence-corrected chi connectivity index (χ2v) is 4.00. The average Bonchev–Trinajstić information content (AvgIpc) is 2.35. The van der Waals surface area contributed by atoms with Crippen molar-refractivity contribution in [3.8, 4) is 16.9 Å². The number of nitrogens with zero attached hydrogens (tertiary/aromatic N) is 1. The van der Waals surface area contributed by atoms with Crippen molar-refractivity contribution in [2.24, 2.45) is 4.99 Å². The summed E-state index contributed by atoms with van der Waals surface area (Å²) in [6.07, 6.45) is 1.68. The largest absolute Gasteiger partial charge is 0.507 e. The van der Waals surface area contributed by atoms with Crippen LogP contribution in [0.5, 0.6) is 5.75 Å². The van der Waals surface area contributed by atoms with E-state index in [-0.39, 0.29) is 5.75 Å². The van der Waals surface area contributed by atoms with Gasteiger partial charge in [-0.25, -0.2) is 0 Å². The van der Waals surface area contributed by atoms with E-state index in [0.717, 1.165) is 22.3 Å². The lowest BCUT2D eigenvalue weighted by atomic mass is 9.99. The molecule has 0 radical (unpaired) electrons. The summed E-state index contributed by atoms with van der Waals surface area (Å²) in [7, 11) is 1.70. The van der Waals surface area contributed by atoms with Gasteiger partial charge in [0.2, 0.25) is 0 Å². The molecule has 2 rings (SSSR count). The second-order valence-electron chi connectivity index (χ2n) is 4.00. The molecule has 0 spiro atoms. The van der Waals surface area contributed by atoms with E-state index in [4.69, 9.17) is 0 Å². The van der Waals surface area contributed by atoms with Crippen LogP contribution in [0.15, 0.2) is 47.5 Å². The molecule has 0 bridgehead atoms. The monoisotopic (exact) mass is 225 g/mol. The van der Waals surface area contributed by atoms with Gasteiger partial charge in [0.25, 0.3) is 0 Å². The zero-order valence-corrected chi connectivity index (χ0v) is 10.0. The number of rotatable bonds is 2. The van der Waals surface area contributed by atoms with Crippen LogP contribution in [0.2, 0.25) is 0 Å². The van der Waals surface area contributed by atoms with Gasteiger partial charge < -0.3 is 5.11 Å². The molecule has 2 heteroatoms. The third kappa shape index (κ3) is 2.36. The Balaban J connectivity index is 2.62. The molecule has 0 saturated heterocycles. The highest BCUT2D eigenvalue weighted by Gasteiger charge is 2.08. The van der Waals surface area contributed by atoms with E-state index in [0.29, 0.717) is 0 Å². The van der Waals surface area contributed by atoms with E-state index in [9.17, 15) is 5.11 Å². The fourth-order valence-electron chi connectivity index (χ4n) is 1.88. The van der Waals surface area contributed by atoms with Gasteiger partial charge in [-0.15, -0.1) is 0 Å². The zero-order valence-electron chi connectivity index (χ0n) is 10.0. The Kier molecular flexibility index (Phi) is 3.24. The summed E-state index contributed by atoms with van der Waals surface area (Å²) >= 11 is 0. The molecule has 2 nitrogen and oxygen atoms in total. The van der Waals surface area contributed by atoms with Crippen LogP contribution in [0.1, 0.15) is 11.1 Å². The predicted molar refractivity (Wildman–Crippen MR) is 71.8 cm³/mol. The number of phenolic OH excluding ortho intramolecular Hbond substituents is 1. The van der Waals surface area contributed by atoms with Crippen molar-refractivity contribution < 1.29 is 5.11 Å². The standard InChI is InChI=1S/C15H15NO/c1-11-8-13(10-16-2)15(17)14(9-11)12-6-4-3-5-7-12/h3-10,17H,1-2H3. The van der Waals surface area contributed by atoms with Gasteiger partial charge in [-0.1, -0.05) is 30.3 Å². The summed E-state index contributed by atoms with van der Waals surface area (Å²) < 4.78 is 0. The third-order valence-electron chi connectivity index (χ3n) is 2.64. The molecule has 0 aliphatic carbocycles. The molecule has 0 atom stereocenters. The lowest BCUT2D eigenvalue weighted by Crippen LogP contribution is -1.89. The molecule has 1 N–H and O–H groups in total. The van der Waals surface area contributed by atoms with Crippen LogP contribution < -0.4 is 0 Å². The zero-order chi connectivity index (χ0) is 12.3. The van der Waals surface area contributed by atoms with Crippen LogP contribution in [0, 0.1) is 6.92 Å². The van der Waals surface area contributed by atoms with Gasteiger partial charge in [0, 0.05) is 24.4 Å². The molecule has 0 heterocycles. The number of benzene rings is 2. The van der Waals surface area contributed by atoms with E-state index in [1.54, 1.807) is 13.3 Å². The molecule has 0 amide bonds. The molecular formula is C15H15NO. The summed E-state index contributed by atoms with van der Waals surface area (Å²) in [6.45, 7) is 2.01. The number of aryl methyl sites for hydroxylation is 1. The molecule has 2 aromatic rings. The lowest BCUT2D eigenvalue weighted by Gasteiger charge is -2.09. The number of hydrogen-bond donors (Lipinski definition) is 1. The van der Waals surface area contributed by atoms with Gasteiger partial charge >= 0.3 is 0 Å². The van der Waals surface area contributed by atoms with E-state index < -0.39 is 0 Å². The Morgan fingerprint density at radius 3 is 2.47 bits per heavy atom. The predicted octanol–water partition coefficient (Wildman–Crippen LogP) is 3.42. The Hall–Kier alpha value is -2.09. The molecular weight excluding hydrogens is 210 g/mol. The molecule has 0 aliphatic rings. The molecule has 86 valence electrons. The summed E-state index contributed by atoms with van der Waals surface area (Å²) in [4.78, 5) is 3.96. The molecule has 2 aromatic carbocycles. The van der Waals surface area contributed by atoms with Gasteiger partial charge in [-0.3, -0.25) is 4.99 Å². The highest BCUT2D eigenvalue weighted by Crippen LogP contribution is 2.32. The number of aromatic hydroxyl groups is 1. The highest BCUT2D eigenvalue weighted by atomic mass is 16.3. The summed E-state index contributed by atoms with van der Waals surface area (Å²) in [5.41, 5.74) is 3.72. The maximum atomic E-state index is 10.2. The first-order valence-electron chi connectivity index (χ1n) is 5.53. The molecule has 0 fully saturated rings. The van der Waals surface area contributed by atoms with Crippen molar-refractivity contribution in [1.29, 1.82) is 0 Å². The topological polar surface area (TPSA) is 32.6 Å². The maximum Gasteiger partial charge on any atom is 0.132 e. The fourth-order valence-corrected chi connectivity index (χ4v) is 1.88. The molecule has 0 saturated carbocycles. The molecule has 17 heavy (non-hydrogen) atoms. The normalized spacial score (nSPS) is 10.9. The van der Waals surface area contributed by atoms with E-state index >= 15 is 0 Å². The first kappa shape index (κ1) is 11.4. The lowest BCUT2D eigenvalue weighted by molar-refractivity contribution is 0.476. The Morgan fingerprint density at radius 2 is 1.82 bits per heavy atom. The maximum absolute atomic E-state index is 10.2. The first-order chi connectivity index (χ1) is 8.22. The number of aliphatic imine (C=N–C) groups is 1. The minimum absolute atomic E-state index is 0.285. The molecule has 0 unspecified atom stereocenters. The van der Waals surface area contributed by atoms with Gasteiger partial charge in [0.1, 0.15) is 5.75 Å². The average molecular weight is 225 g/mol. The van der Waals surface area contributed by atoms with Crippen LogP contribution in [0.25, 0.3) is 11.1 Å². The van der Waals surface area contributed by atoms with E-state index in [2.05, 4.69) is 4.99 Å². The van der Waals surface area contributed by atoms with Crippen LogP contribution >= 0.6 is 0 Å². The van der Waals surface area contributed by atoms with E-state index in [1.807, 2.05) is 49.4 Å². The van der Waals surface area contributed by atoms with Crippen molar-refractivity contribution in [2.45, 2.75) is 6.92 Å². The summed E-state index contributed by atoms with van der Waals surface area (Å²) in [5, 5.41) is 10.2. The fraction of sp³-hybridized carbons (Fsp3) is 0.133. The van der Waals surface area contributed by atoms with Gasteiger partial charge in [-0.05, 0) is 30.2 Å². The van der Waals surface area contributed by atoms with Crippen molar-refractivity contribution >= 4 is 6.21 Å². The van der Waals surface area contributed by atoms with Crippen LogP contribution in [0.3, 0.4) is 0 Å². The Bertz CT molecular complexity index is 544. The SMILES string of the molecule is CN=Cc1cc(C)cc(-c2ccccc2)c1O. The summed E-state index contributed by atoms with van der Waals surface area (Å²) in [6, 6.07) is 13.8. The van der Waals surface area contributed by atoms with Crippen LogP contribution in [-0.2, 0) is 0 Å². The van der Waals surface area contributed by atoms with Crippen molar-refractivity contribution in [1.82, 2.24) is 0 Å². The van der Waals surface area contributed by atoms with Crippen molar-refractivity contribution in [3.05, 3.63) is 53.6 Å². The minimum atomic E-state index is 0.285. The van der Waals surface area contributed by atoms with Gasteiger partial charge in [0.05, 0.1) is 0 Å². The number of hydrogen-bond acceptors (Lipinski definition) is 2. The number of phenols is 1. The smallest absolute Gasteiger partial charge is 0.132 e. The second kappa shape index (κ2) is 4.83. The first-order valence-corrected chi connectivity index (χ1v) is 5.53. The molecule has 0 aliphatic heterocycles. The minimum Gasteiger partial charge on any atom is -0.507 e. The van der Waals surface area contributed by atoms with Crippen molar-refractivity contribution in [3.63, 3.8) is 0 Å². The van der Waals surface area contributed by atoms with Gasteiger partial charge in [0.15, 0.2) is 0 Å². The Morgan fingerprint density at radius 1 is 1.12 bits per heavy atom. The highest BCUT2D eigenvalue weighted by molar-refractivity contribution is 5.89.